The molecule has 1 saturated carbocycles. The second kappa shape index (κ2) is 5.98. The Balaban J connectivity index is 2.53. The summed E-state index contributed by atoms with van der Waals surface area (Å²) >= 11 is 0. The van der Waals surface area contributed by atoms with Crippen LogP contribution < -0.4 is 0 Å². The van der Waals surface area contributed by atoms with E-state index in [1.165, 1.54) is 0 Å². The minimum absolute atomic E-state index is 0.0160. The van der Waals surface area contributed by atoms with Crippen molar-refractivity contribution in [2.75, 3.05) is 20.3 Å². The maximum atomic E-state index is 9.85. The highest BCUT2D eigenvalue weighted by Gasteiger charge is 2.51. The smallest absolute Gasteiger partial charge is 0.0976 e. The molecule has 19 heavy (non-hydrogen) atoms. The third-order valence-electron chi connectivity index (χ3n) is 5.11. The van der Waals surface area contributed by atoms with E-state index in [9.17, 15) is 10.2 Å². The van der Waals surface area contributed by atoms with Crippen molar-refractivity contribution >= 4 is 0 Å². The second-order valence-electron chi connectivity index (χ2n) is 5.69. The van der Waals surface area contributed by atoms with Gasteiger partial charge in [-0.3, -0.25) is 0 Å². The summed E-state index contributed by atoms with van der Waals surface area (Å²) in [5.41, 5.74) is 0.697. The van der Waals surface area contributed by atoms with Gasteiger partial charge in [0.2, 0.25) is 0 Å². The molecule has 0 aromatic heterocycles. The molecule has 0 bridgehead atoms. The van der Waals surface area contributed by atoms with Crippen LogP contribution >= 0.6 is 0 Å². The molecule has 0 aromatic rings. The molecule has 2 aliphatic carbocycles. The highest BCUT2D eigenvalue weighted by Crippen LogP contribution is 2.56. The summed E-state index contributed by atoms with van der Waals surface area (Å²) in [4.78, 5) is 0. The molecule has 3 nitrogen and oxygen atoms in total. The van der Waals surface area contributed by atoms with Gasteiger partial charge in [-0.15, -0.1) is 12.3 Å². The molecule has 0 aliphatic heterocycles. The van der Waals surface area contributed by atoms with Gasteiger partial charge in [0.05, 0.1) is 19.5 Å². The molecule has 2 N–H and O–H groups in total. The number of allylic oxidation sites excluding steroid dienone is 1. The summed E-state index contributed by atoms with van der Waals surface area (Å²) in [6, 6.07) is 0. The van der Waals surface area contributed by atoms with Gasteiger partial charge < -0.3 is 14.9 Å². The summed E-state index contributed by atoms with van der Waals surface area (Å²) in [6.07, 6.45) is 11.6. The standard InChI is InChI=1S/C16H24O3/c1-3-12-6-4-7-13(10-17)16(12)9-5-8-15(19-2)14(16)11-18/h1,12-13,17-18H,4-11H2,2H3/t12-,13-,16+/m1/s1. The first-order valence-corrected chi connectivity index (χ1v) is 7.18. The summed E-state index contributed by atoms with van der Waals surface area (Å²) in [6.45, 7) is 0.122. The van der Waals surface area contributed by atoms with Crippen LogP contribution in [0.25, 0.3) is 0 Å². The highest BCUT2D eigenvalue weighted by atomic mass is 16.5. The fraction of sp³-hybridized carbons (Fsp3) is 0.750. The van der Waals surface area contributed by atoms with Crippen molar-refractivity contribution in [2.24, 2.45) is 17.3 Å². The van der Waals surface area contributed by atoms with Gasteiger partial charge in [0, 0.05) is 29.9 Å². The molecule has 2 rings (SSSR count). The number of rotatable bonds is 3. The van der Waals surface area contributed by atoms with Gasteiger partial charge in [-0.1, -0.05) is 6.42 Å². The second-order valence-corrected chi connectivity index (χ2v) is 5.69. The molecular weight excluding hydrogens is 240 g/mol. The number of aliphatic hydroxyl groups excluding tert-OH is 2. The first-order valence-electron chi connectivity index (χ1n) is 7.18. The molecule has 0 saturated heterocycles. The Morgan fingerprint density at radius 1 is 1.37 bits per heavy atom. The Morgan fingerprint density at radius 3 is 2.74 bits per heavy atom. The minimum atomic E-state index is -0.250. The average Bonchev–Trinajstić information content (AvgIpc) is 2.47. The monoisotopic (exact) mass is 264 g/mol. The fourth-order valence-corrected chi connectivity index (χ4v) is 4.25. The number of hydrogen-bond acceptors (Lipinski definition) is 3. The van der Waals surface area contributed by atoms with Crippen LogP contribution in [0.15, 0.2) is 11.3 Å². The van der Waals surface area contributed by atoms with Crippen molar-refractivity contribution in [1.82, 2.24) is 0 Å². The maximum absolute atomic E-state index is 9.85. The molecule has 0 amide bonds. The van der Waals surface area contributed by atoms with E-state index in [0.29, 0.717) is 0 Å². The van der Waals surface area contributed by atoms with E-state index < -0.39 is 0 Å². The van der Waals surface area contributed by atoms with E-state index in [0.717, 1.165) is 49.9 Å². The van der Waals surface area contributed by atoms with Gasteiger partial charge in [-0.25, -0.2) is 0 Å². The Labute approximate surface area is 115 Å². The van der Waals surface area contributed by atoms with Crippen LogP contribution in [0.5, 0.6) is 0 Å². The van der Waals surface area contributed by atoms with E-state index in [1.807, 2.05) is 0 Å². The summed E-state index contributed by atoms with van der Waals surface area (Å²) in [5.74, 6) is 4.06. The predicted octanol–water partition coefficient (Wildman–Crippen LogP) is 2.09. The molecule has 3 atom stereocenters. The predicted molar refractivity (Wildman–Crippen MR) is 74.2 cm³/mol. The third kappa shape index (κ3) is 2.17. The lowest BCUT2D eigenvalue weighted by Gasteiger charge is -2.51. The summed E-state index contributed by atoms with van der Waals surface area (Å²) < 4.78 is 5.48. The fourth-order valence-electron chi connectivity index (χ4n) is 4.25. The van der Waals surface area contributed by atoms with Gasteiger partial charge in [0.25, 0.3) is 0 Å². The van der Waals surface area contributed by atoms with Crippen molar-refractivity contribution in [3.05, 3.63) is 11.3 Å². The number of hydrogen-bond donors (Lipinski definition) is 2. The van der Waals surface area contributed by atoms with E-state index in [4.69, 9.17) is 11.2 Å². The van der Waals surface area contributed by atoms with Gasteiger partial charge in [0.1, 0.15) is 0 Å². The number of aliphatic hydroxyl groups is 2. The number of ether oxygens (including phenoxy) is 1. The Kier molecular flexibility index (Phi) is 4.54. The average molecular weight is 264 g/mol. The highest BCUT2D eigenvalue weighted by molar-refractivity contribution is 5.29. The Hall–Kier alpha value is -0.980. The van der Waals surface area contributed by atoms with Crippen molar-refractivity contribution in [2.45, 2.75) is 38.5 Å². The van der Waals surface area contributed by atoms with E-state index in [1.54, 1.807) is 7.11 Å². The van der Waals surface area contributed by atoms with Crippen LogP contribution in [-0.2, 0) is 4.74 Å². The first kappa shape index (κ1) is 14.4. The van der Waals surface area contributed by atoms with Gasteiger partial charge >= 0.3 is 0 Å². The lowest BCUT2D eigenvalue weighted by atomic mass is 9.53. The van der Waals surface area contributed by atoms with Crippen molar-refractivity contribution in [3.63, 3.8) is 0 Å². The first-order chi connectivity index (χ1) is 9.24. The van der Waals surface area contributed by atoms with E-state index >= 15 is 0 Å². The van der Waals surface area contributed by atoms with Crippen LogP contribution in [0.4, 0.5) is 0 Å². The van der Waals surface area contributed by atoms with Crippen LogP contribution in [0, 0.1) is 29.6 Å². The molecule has 3 heteroatoms. The molecule has 0 radical (unpaired) electrons. The third-order valence-corrected chi connectivity index (χ3v) is 5.11. The van der Waals surface area contributed by atoms with Crippen LogP contribution in [0.3, 0.4) is 0 Å². The molecule has 106 valence electrons. The van der Waals surface area contributed by atoms with Gasteiger partial charge in [-0.05, 0) is 31.6 Å². The zero-order chi connectivity index (χ0) is 13.9. The Bertz CT molecular complexity index is 393. The van der Waals surface area contributed by atoms with Crippen molar-refractivity contribution in [1.29, 1.82) is 0 Å². The van der Waals surface area contributed by atoms with Crippen LogP contribution in [-0.4, -0.2) is 30.5 Å². The number of methoxy groups -OCH3 is 1. The quantitative estimate of drug-likeness (QED) is 0.767. The largest absolute Gasteiger partial charge is 0.501 e. The Morgan fingerprint density at radius 2 is 2.16 bits per heavy atom. The van der Waals surface area contributed by atoms with Crippen molar-refractivity contribution < 1.29 is 14.9 Å². The molecule has 0 unspecified atom stereocenters. The normalized spacial score (nSPS) is 35.3. The maximum Gasteiger partial charge on any atom is 0.0976 e. The number of terminal acetylenes is 1. The van der Waals surface area contributed by atoms with E-state index in [-0.39, 0.29) is 30.5 Å². The molecular formula is C16H24O3. The van der Waals surface area contributed by atoms with Crippen LogP contribution in [0.1, 0.15) is 38.5 Å². The molecule has 1 spiro atoms. The molecule has 1 fully saturated rings. The SMILES string of the molecule is C#C[C@@H]1CCC[C@H](CO)[C@]12CCCC(OC)=C2CO. The summed E-state index contributed by atoms with van der Waals surface area (Å²) in [7, 11) is 1.66. The van der Waals surface area contributed by atoms with Gasteiger partial charge in [-0.2, -0.15) is 0 Å². The van der Waals surface area contributed by atoms with Crippen molar-refractivity contribution in [3.8, 4) is 12.3 Å². The summed E-state index contributed by atoms with van der Waals surface area (Å²) in [5, 5.41) is 19.6. The zero-order valence-electron chi connectivity index (χ0n) is 11.7. The minimum Gasteiger partial charge on any atom is -0.501 e. The topological polar surface area (TPSA) is 49.7 Å². The van der Waals surface area contributed by atoms with E-state index in [2.05, 4.69) is 5.92 Å². The molecule has 2 aliphatic rings. The lowest BCUT2D eigenvalue weighted by Crippen LogP contribution is -2.47. The van der Waals surface area contributed by atoms with Crippen LogP contribution in [0.2, 0.25) is 0 Å². The molecule has 0 heterocycles. The molecule has 0 aromatic carbocycles. The zero-order valence-corrected chi connectivity index (χ0v) is 11.7. The lowest BCUT2D eigenvalue weighted by molar-refractivity contribution is 0.0124. The van der Waals surface area contributed by atoms with Gasteiger partial charge in [0.15, 0.2) is 0 Å².